The Balaban J connectivity index is 0. The van der Waals surface area contributed by atoms with Gasteiger partial charge in [-0.25, -0.2) is 0 Å². The number of ether oxygens (including phenoxy) is 2. The molecule has 0 radical (unpaired) electrons. The summed E-state index contributed by atoms with van der Waals surface area (Å²) in [6, 6.07) is 20.8. The molecule has 4 rings (SSSR count). The second-order valence-corrected chi connectivity index (χ2v) is 8.72. The summed E-state index contributed by atoms with van der Waals surface area (Å²) in [7, 11) is 2.88. The second-order valence-electron chi connectivity index (χ2n) is 8.72. The average molecular weight is 830 g/mol. The molecule has 2 aromatic carbocycles. The summed E-state index contributed by atoms with van der Waals surface area (Å²) < 4.78 is 9.88. The molecule has 0 fully saturated rings. The van der Waals surface area contributed by atoms with E-state index in [9.17, 15) is 10.2 Å². The van der Waals surface area contributed by atoms with Gasteiger partial charge < -0.3 is 61.2 Å². The third-order valence-electron chi connectivity index (χ3n) is 5.42. The van der Waals surface area contributed by atoms with Gasteiger partial charge in [0.2, 0.25) is 0 Å². The van der Waals surface area contributed by atoms with E-state index in [0.29, 0.717) is 22.5 Å². The molecule has 0 N–H and O–H groups in total. The van der Waals surface area contributed by atoms with Gasteiger partial charge in [-0.2, -0.15) is 0 Å². The van der Waals surface area contributed by atoms with Crippen molar-refractivity contribution in [1.82, 2.24) is 9.97 Å². The molecule has 22 heteroatoms. The van der Waals surface area contributed by atoms with E-state index < -0.39 is 0 Å². The predicted octanol–water partition coefficient (Wildman–Crippen LogP) is 4.86. The maximum Gasteiger partial charge on any atom is 2.00 e. The zero-order valence-corrected chi connectivity index (χ0v) is 30.5. The predicted molar refractivity (Wildman–Crippen MR) is 188 cm³/mol. The third kappa shape index (κ3) is 22.3. The maximum atomic E-state index is 11.8. The molecule has 288 valence electrons. The van der Waals surface area contributed by atoms with Crippen LogP contribution in [0.3, 0.4) is 0 Å². The first-order valence-electron chi connectivity index (χ1n) is 14.5. The number of hydrogen-bond acceptors (Lipinski definition) is 14. The molecule has 0 aliphatic rings. The van der Waals surface area contributed by atoms with E-state index in [1.807, 2.05) is 36.4 Å². The van der Waals surface area contributed by atoms with Crippen molar-refractivity contribution < 1.29 is 72.0 Å². The SMILES string of the molecule is COc1cccc(/C=N/OCCO/N=C/c2ccccn2)c1[O-].COc1cccc(/C=N/OCCO/N=C/c2ccccn2)c1[O-].[N-]=[N+]=[N-].[N-]=[N+]=[N-].[Ni+2].[Ni+2]. The topological polar surface area (TPSA) is 294 Å². The second kappa shape index (κ2) is 33.6. The number of benzene rings is 2. The number of pyridine rings is 2. The molecule has 2 heterocycles. The molecule has 0 atom stereocenters. The van der Waals surface area contributed by atoms with Gasteiger partial charge in [-0.1, -0.05) is 68.5 Å². The first-order chi connectivity index (χ1) is 25.4. The summed E-state index contributed by atoms with van der Waals surface area (Å²) in [6.45, 7) is 0.856. The van der Waals surface area contributed by atoms with Crippen LogP contribution in [0.2, 0.25) is 0 Å². The van der Waals surface area contributed by atoms with Gasteiger partial charge in [0.25, 0.3) is 0 Å². The Morgan fingerprint density at radius 3 is 1.17 bits per heavy atom. The largest absolute Gasteiger partial charge is 2.00 e. The van der Waals surface area contributed by atoms with Crippen molar-refractivity contribution in [1.29, 1.82) is 0 Å². The smallest absolute Gasteiger partial charge is 0.870 e. The van der Waals surface area contributed by atoms with Crippen molar-refractivity contribution in [3.05, 3.63) is 140 Å². The fourth-order valence-electron chi connectivity index (χ4n) is 3.23. The Morgan fingerprint density at radius 2 is 0.870 bits per heavy atom. The maximum absolute atomic E-state index is 11.8. The van der Waals surface area contributed by atoms with Crippen molar-refractivity contribution in [3.63, 3.8) is 0 Å². The Labute approximate surface area is 329 Å². The molecular weight excluding hydrogens is 798 g/mol. The Morgan fingerprint density at radius 1 is 0.537 bits per heavy atom. The van der Waals surface area contributed by atoms with E-state index in [1.54, 1.807) is 48.8 Å². The van der Waals surface area contributed by atoms with Gasteiger partial charge in [0.15, 0.2) is 26.4 Å². The summed E-state index contributed by atoms with van der Waals surface area (Å²) in [4.78, 5) is 31.1. The molecule has 0 aliphatic heterocycles. The Kier molecular flexibility index (Phi) is 30.8. The molecule has 0 aliphatic carbocycles. The van der Waals surface area contributed by atoms with E-state index in [2.05, 4.69) is 30.6 Å². The van der Waals surface area contributed by atoms with Crippen molar-refractivity contribution in [3.8, 4) is 23.0 Å². The van der Waals surface area contributed by atoms with Gasteiger partial charge in [-0.05, 0) is 47.5 Å². The van der Waals surface area contributed by atoms with Crippen molar-refractivity contribution in [2.75, 3.05) is 40.6 Å². The van der Waals surface area contributed by atoms with Gasteiger partial charge in [0.05, 0.1) is 50.5 Å². The van der Waals surface area contributed by atoms with E-state index in [0.717, 1.165) is 0 Å². The van der Waals surface area contributed by atoms with Crippen LogP contribution in [-0.4, -0.2) is 75.5 Å². The average Bonchev–Trinajstić information content (AvgIpc) is 3.17. The zero-order chi connectivity index (χ0) is 38.1. The molecule has 2 aromatic heterocycles. The van der Waals surface area contributed by atoms with E-state index in [1.165, 1.54) is 48.9 Å². The molecule has 20 nitrogen and oxygen atoms in total. The van der Waals surface area contributed by atoms with Gasteiger partial charge in [-0.3, -0.25) is 19.8 Å². The minimum Gasteiger partial charge on any atom is -0.870 e. The Hall–Kier alpha value is -6.57. The molecule has 0 amide bonds. The van der Waals surface area contributed by atoms with E-state index in [4.69, 9.17) is 50.9 Å². The van der Waals surface area contributed by atoms with Gasteiger partial charge in [-0.15, -0.1) is 0 Å². The minimum atomic E-state index is -0.237. The number of methoxy groups -OCH3 is 2. The number of nitrogens with zero attached hydrogens (tertiary/aromatic N) is 12. The molecule has 0 unspecified atom stereocenters. The summed E-state index contributed by atoms with van der Waals surface area (Å²) in [5.74, 6) is 0.0550. The van der Waals surface area contributed by atoms with Crippen molar-refractivity contribution in [2.45, 2.75) is 0 Å². The Bertz CT molecular complexity index is 1630. The van der Waals surface area contributed by atoms with Crippen LogP contribution in [0.5, 0.6) is 23.0 Å². The number of para-hydroxylation sites is 2. The minimum absolute atomic E-state index is 0. The van der Waals surface area contributed by atoms with Crippen LogP contribution in [0.15, 0.2) is 106 Å². The third-order valence-corrected chi connectivity index (χ3v) is 5.42. The van der Waals surface area contributed by atoms with Crippen molar-refractivity contribution in [2.24, 2.45) is 20.6 Å². The standard InChI is InChI=1S/2C16H17N3O4.2N3.2Ni/c2*1-21-15-7-4-5-13(16(15)20)11-18-22-9-10-23-19-12-14-6-2-3-8-17-14;2*1-3-2;;/h2*2-8,11-12,20H,9-10H2,1H3;;;;/q;;2*-1;2*+2/p-2/b2*18-11+,19-12+;;;;. The van der Waals surface area contributed by atoms with Crippen LogP contribution in [0.1, 0.15) is 22.5 Å². The number of oxime groups is 4. The number of aromatic nitrogens is 2. The summed E-state index contributed by atoms with van der Waals surface area (Å²) >= 11 is 0. The summed E-state index contributed by atoms with van der Waals surface area (Å²) in [6.07, 6.45) is 9.01. The van der Waals surface area contributed by atoms with E-state index >= 15 is 0 Å². The molecule has 4 aromatic rings. The van der Waals surface area contributed by atoms with Crippen molar-refractivity contribution >= 4 is 24.9 Å². The monoisotopic (exact) mass is 828 g/mol. The van der Waals surface area contributed by atoms with Gasteiger partial charge in [0, 0.05) is 12.4 Å². The van der Waals surface area contributed by atoms with Crippen LogP contribution in [0.25, 0.3) is 31.9 Å². The summed E-state index contributed by atoms with van der Waals surface area (Å²) in [5.41, 5.74) is 29.2. The molecule has 0 spiro atoms. The van der Waals surface area contributed by atoms with Crippen LogP contribution in [0.4, 0.5) is 0 Å². The quantitative estimate of drug-likeness (QED) is 0.0281. The summed E-state index contributed by atoms with van der Waals surface area (Å²) in [5, 5.41) is 38.6. The fraction of sp³-hybridized carbons (Fsp3) is 0.188. The van der Waals surface area contributed by atoms with Crippen LogP contribution in [-0.2, 0) is 52.3 Å². The first kappa shape index (κ1) is 49.5. The fourth-order valence-corrected chi connectivity index (χ4v) is 3.23. The molecule has 0 saturated heterocycles. The molecule has 0 bridgehead atoms. The van der Waals surface area contributed by atoms with Crippen LogP contribution < -0.4 is 19.7 Å². The molecular formula is C32H32N12Ni2O8. The van der Waals surface area contributed by atoms with Crippen LogP contribution in [0, 0.1) is 0 Å². The van der Waals surface area contributed by atoms with Crippen LogP contribution >= 0.6 is 0 Å². The number of rotatable bonds is 16. The molecule has 0 saturated carbocycles. The zero-order valence-electron chi connectivity index (χ0n) is 28.5. The van der Waals surface area contributed by atoms with Gasteiger partial charge in [0.1, 0.15) is 11.5 Å². The first-order valence-corrected chi connectivity index (χ1v) is 14.5. The normalized spacial score (nSPS) is 9.67. The molecule has 54 heavy (non-hydrogen) atoms. The number of hydrogen-bond donors (Lipinski definition) is 0. The van der Waals surface area contributed by atoms with Gasteiger partial charge >= 0.3 is 33.0 Å². The van der Waals surface area contributed by atoms with E-state index in [-0.39, 0.29) is 82.4 Å².